The van der Waals surface area contributed by atoms with Crippen molar-refractivity contribution in [3.05, 3.63) is 174 Å². The molecule has 1 amide bonds. The number of benzene rings is 5. The van der Waals surface area contributed by atoms with Gasteiger partial charge in [-0.05, 0) is 102 Å². The van der Waals surface area contributed by atoms with Gasteiger partial charge in [-0.3, -0.25) is 4.90 Å². The van der Waals surface area contributed by atoms with Crippen molar-refractivity contribution in [1.29, 1.82) is 0 Å². The van der Waals surface area contributed by atoms with Gasteiger partial charge in [0, 0.05) is 37.7 Å². The molecule has 1 saturated carbocycles. The topological polar surface area (TPSA) is 119 Å². The maximum Gasteiger partial charge on any atom is 0.410 e. The van der Waals surface area contributed by atoms with Crippen LogP contribution in [0, 0.1) is 17.8 Å². The number of rotatable bonds is 22. The number of amides is 1. The first-order valence-electron chi connectivity index (χ1n) is 24.0. The van der Waals surface area contributed by atoms with Crippen LogP contribution in [-0.2, 0) is 27.5 Å². The van der Waals surface area contributed by atoms with Gasteiger partial charge in [0.25, 0.3) is 0 Å². The lowest BCUT2D eigenvalue weighted by Crippen LogP contribution is -2.70. The lowest BCUT2D eigenvalue weighted by atomic mass is 9.55. The summed E-state index contributed by atoms with van der Waals surface area (Å²) in [6, 6.07) is 43.4. The number of unbranched alkanes of at least 4 members (excludes halogenated alkanes) is 2. The average molecular weight is 905 g/mol. The first-order chi connectivity index (χ1) is 33.0. The summed E-state index contributed by atoms with van der Waals surface area (Å²) in [7, 11) is 0. The van der Waals surface area contributed by atoms with Crippen molar-refractivity contribution in [3.63, 3.8) is 0 Å². The van der Waals surface area contributed by atoms with Crippen molar-refractivity contribution in [2.75, 3.05) is 26.4 Å². The lowest BCUT2D eigenvalue weighted by Gasteiger charge is -2.59. The van der Waals surface area contributed by atoms with Crippen molar-refractivity contribution in [1.82, 2.24) is 4.90 Å². The smallest absolute Gasteiger partial charge is 0.410 e. The Morgan fingerprint density at radius 1 is 0.806 bits per heavy atom. The zero-order valence-electron chi connectivity index (χ0n) is 38.6. The molecule has 2 N–H and O–H groups in total. The van der Waals surface area contributed by atoms with E-state index in [9.17, 15) is 15.0 Å². The van der Waals surface area contributed by atoms with E-state index in [0.29, 0.717) is 43.1 Å². The molecule has 0 aromatic heterocycles. The SMILES string of the molecule is C=CCO[C@@]12Oc3ccc(Oc4ccc(-c5ccccc5)cc4)cc3[C@H]3[C@H](CCCCO)[C@@H](CCCCO)C=C(C(=NOCc4ccccc4)C[C@@H]1N(CCC)C(=O)OCc1ccccc1)[C@H]32. The molecule has 1 heterocycles. The number of nitrogens with zero attached hydrogens (tertiary/aromatic N) is 2. The number of ether oxygens (including phenoxy) is 4. The molecule has 6 atom stereocenters. The Balaban J connectivity index is 1.27. The number of aliphatic hydroxyl groups is 2. The van der Waals surface area contributed by atoms with Gasteiger partial charge in [0.05, 0.1) is 18.2 Å². The summed E-state index contributed by atoms with van der Waals surface area (Å²) in [6.07, 6.45) is 9.19. The van der Waals surface area contributed by atoms with Gasteiger partial charge >= 0.3 is 6.09 Å². The Morgan fingerprint density at radius 3 is 2.12 bits per heavy atom. The molecule has 5 aromatic carbocycles. The van der Waals surface area contributed by atoms with E-state index in [2.05, 4.69) is 43.0 Å². The number of fused-ring (bicyclic) bond motifs is 2. The van der Waals surface area contributed by atoms with Crippen LogP contribution in [0.25, 0.3) is 11.1 Å². The number of hydrogen-bond acceptors (Lipinski definition) is 9. The second kappa shape index (κ2) is 23.0. The van der Waals surface area contributed by atoms with Gasteiger partial charge in [-0.2, -0.15) is 0 Å². The van der Waals surface area contributed by atoms with Gasteiger partial charge in [-0.1, -0.05) is 140 Å². The zero-order chi connectivity index (χ0) is 46.4. The fraction of sp³-hybridized carbons (Fsp3) is 0.368. The number of carbonyl (C=O) groups is 1. The van der Waals surface area contributed by atoms with E-state index >= 15 is 0 Å². The molecule has 0 saturated heterocycles. The molecule has 10 nitrogen and oxygen atoms in total. The van der Waals surface area contributed by atoms with Gasteiger partial charge in [0.2, 0.25) is 5.79 Å². The van der Waals surface area contributed by atoms with Crippen LogP contribution in [0.5, 0.6) is 17.2 Å². The standard InChI is InChI=1S/C57H64N2O8/c1-3-32-59(56(62)63-39-41-18-8-5-9-19-41)53-38-51(58-65-40-42-20-10-6-11-21-42)49-36-45(24-14-16-33-60)48(25-15-17-34-61)54-50-37-47(30-31-52(50)67-57(53,55(49)54)64-35-4-2)66-46-28-26-44(27-29-46)43-22-12-7-13-23-43/h4-13,18-23,26-31,36-37,45,48,53-55,60-61H,2-3,14-17,24-25,32-35,38-40H2,1H3/t45-,48+,53-,54+,55+,57+/m0/s1. The third-order valence-electron chi connectivity index (χ3n) is 13.4. The highest BCUT2D eigenvalue weighted by Crippen LogP contribution is 2.62. The summed E-state index contributed by atoms with van der Waals surface area (Å²) in [5.41, 5.74) is 6.77. The predicted octanol–water partition coefficient (Wildman–Crippen LogP) is 12.0. The summed E-state index contributed by atoms with van der Waals surface area (Å²) < 4.78 is 27.4. The van der Waals surface area contributed by atoms with Crippen molar-refractivity contribution in [2.45, 2.75) is 89.3 Å². The fourth-order valence-electron chi connectivity index (χ4n) is 10.4. The van der Waals surface area contributed by atoms with E-state index in [-0.39, 0.29) is 57.2 Å². The Bertz CT molecular complexity index is 2430. The molecule has 5 aromatic rings. The van der Waals surface area contributed by atoms with Gasteiger partial charge < -0.3 is 34.0 Å². The molecular weight excluding hydrogens is 841 g/mol. The van der Waals surface area contributed by atoms with Crippen molar-refractivity contribution in [2.24, 2.45) is 22.9 Å². The Morgan fingerprint density at radius 2 is 1.45 bits per heavy atom. The minimum Gasteiger partial charge on any atom is -0.459 e. The van der Waals surface area contributed by atoms with Gasteiger partial charge in [0.1, 0.15) is 36.5 Å². The minimum absolute atomic E-state index is 0.0589. The third-order valence-corrected chi connectivity index (χ3v) is 13.4. The van der Waals surface area contributed by atoms with Crippen molar-refractivity contribution in [3.8, 4) is 28.4 Å². The quantitative estimate of drug-likeness (QED) is 0.0400. The van der Waals surface area contributed by atoms with Crippen LogP contribution in [0.4, 0.5) is 4.79 Å². The van der Waals surface area contributed by atoms with Crippen LogP contribution in [0.3, 0.4) is 0 Å². The maximum atomic E-state index is 14.7. The van der Waals surface area contributed by atoms with E-state index in [1.54, 1.807) is 11.0 Å². The second-order valence-electron chi connectivity index (χ2n) is 17.8. The van der Waals surface area contributed by atoms with Crippen molar-refractivity contribution < 1.29 is 38.8 Å². The Labute approximate surface area is 395 Å². The summed E-state index contributed by atoms with van der Waals surface area (Å²) in [6.45, 7) is 7.24. The maximum absolute atomic E-state index is 14.7. The second-order valence-corrected chi connectivity index (χ2v) is 17.8. The van der Waals surface area contributed by atoms with Gasteiger partial charge in [0.15, 0.2) is 0 Å². The van der Waals surface area contributed by atoms with E-state index in [1.165, 1.54) is 0 Å². The molecule has 10 heteroatoms. The normalized spacial score (nSPS) is 22.1. The van der Waals surface area contributed by atoms with E-state index < -0.39 is 23.8 Å². The van der Waals surface area contributed by atoms with E-state index in [4.69, 9.17) is 28.9 Å². The lowest BCUT2D eigenvalue weighted by molar-refractivity contribution is -0.255. The molecule has 1 aliphatic heterocycles. The molecule has 0 unspecified atom stereocenters. The highest BCUT2D eigenvalue weighted by Gasteiger charge is 2.65. The number of allylic oxidation sites excluding steroid dienone is 1. The summed E-state index contributed by atoms with van der Waals surface area (Å²) in [5, 5.41) is 25.0. The molecule has 67 heavy (non-hydrogen) atoms. The molecule has 350 valence electrons. The van der Waals surface area contributed by atoms with Crippen LogP contribution in [0.2, 0.25) is 0 Å². The van der Waals surface area contributed by atoms with E-state index in [0.717, 1.165) is 64.8 Å². The predicted molar refractivity (Wildman–Crippen MR) is 262 cm³/mol. The highest BCUT2D eigenvalue weighted by molar-refractivity contribution is 6.03. The number of oxime groups is 1. The van der Waals surface area contributed by atoms with Crippen LogP contribution in [0.1, 0.15) is 80.9 Å². The van der Waals surface area contributed by atoms with Gasteiger partial charge in [-0.15, -0.1) is 6.58 Å². The highest BCUT2D eigenvalue weighted by atomic mass is 16.7. The fourth-order valence-corrected chi connectivity index (χ4v) is 10.4. The van der Waals surface area contributed by atoms with Crippen molar-refractivity contribution >= 4 is 11.8 Å². The van der Waals surface area contributed by atoms with Gasteiger partial charge in [-0.25, -0.2) is 4.79 Å². The molecule has 1 fully saturated rings. The van der Waals surface area contributed by atoms with Crippen LogP contribution >= 0.6 is 0 Å². The minimum atomic E-state index is -1.40. The van der Waals surface area contributed by atoms with Crippen LogP contribution in [0.15, 0.2) is 163 Å². The molecule has 0 bridgehead atoms. The number of hydrogen-bond donors (Lipinski definition) is 2. The average Bonchev–Trinajstić information content (AvgIpc) is 3.37. The Kier molecular flexibility index (Phi) is 16.2. The first-order valence-corrected chi connectivity index (χ1v) is 24.0. The van der Waals surface area contributed by atoms with Crippen LogP contribution < -0.4 is 9.47 Å². The summed E-state index contributed by atoms with van der Waals surface area (Å²) in [5.74, 6) is 0.0894. The summed E-state index contributed by atoms with van der Waals surface area (Å²) >= 11 is 0. The molecule has 8 rings (SSSR count). The monoisotopic (exact) mass is 904 g/mol. The van der Waals surface area contributed by atoms with E-state index in [1.807, 2.05) is 110 Å². The molecule has 0 spiro atoms. The molecular formula is C57H64N2O8. The third kappa shape index (κ3) is 11.0. The molecule has 3 aliphatic rings. The zero-order valence-corrected chi connectivity index (χ0v) is 38.6. The van der Waals surface area contributed by atoms with Crippen LogP contribution in [-0.4, -0.2) is 65.1 Å². The largest absolute Gasteiger partial charge is 0.459 e. The summed E-state index contributed by atoms with van der Waals surface area (Å²) in [4.78, 5) is 22.7. The molecule has 2 aliphatic carbocycles. The number of carbonyl (C=O) groups excluding carboxylic acids is 1. The number of aliphatic hydroxyl groups excluding tert-OH is 2. The Hall–Kier alpha value is -6.20. The molecule has 0 radical (unpaired) electrons. The first kappa shape index (κ1) is 47.3.